The van der Waals surface area contributed by atoms with Gasteiger partial charge in [0.25, 0.3) is 11.8 Å². The van der Waals surface area contributed by atoms with Gasteiger partial charge in [0.2, 0.25) is 18.1 Å². The first-order chi connectivity index (χ1) is 40.0. The van der Waals surface area contributed by atoms with E-state index >= 15 is 0 Å². The molecule has 2 aromatic rings. The Morgan fingerprint density at radius 3 is 2.26 bits per heavy atom. The molecular formula is C60H70N4O20. The summed E-state index contributed by atoms with van der Waals surface area (Å²) >= 11 is 0. The van der Waals surface area contributed by atoms with E-state index in [1.165, 1.54) is 18.2 Å². The van der Waals surface area contributed by atoms with Gasteiger partial charge in [-0.15, -0.1) is 0 Å². The van der Waals surface area contributed by atoms with Gasteiger partial charge in [-0.1, -0.05) is 55.8 Å². The first-order valence-corrected chi connectivity index (χ1v) is 28.6. The summed E-state index contributed by atoms with van der Waals surface area (Å²) < 4.78 is 36.7. The smallest absolute Gasteiger partial charge is 0.407 e. The number of hydrogen-bond acceptors (Lipinski definition) is 19. The number of carboxylic acids is 1. The number of aliphatic hydroxyl groups excluding tert-OH is 5. The highest BCUT2D eigenvalue weighted by molar-refractivity contribution is 6.13. The minimum Gasteiger partial charge on any atom is -0.479 e. The minimum atomic E-state index is -1.99. The highest BCUT2D eigenvalue weighted by Gasteiger charge is 2.76. The van der Waals surface area contributed by atoms with E-state index in [1.54, 1.807) is 12.2 Å². The monoisotopic (exact) mass is 1170 g/mol. The molecule has 24 heteroatoms. The Kier molecular flexibility index (Phi) is 15.9. The van der Waals surface area contributed by atoms with Gasteiger partial charge in [-0.2, -0.15) is 0 Å². The molecule has 5 aliphatic heterocycles. The Hall–Kier alpha value is -6.74. The first kappa shape index (κ1) is 59.0. The third kappa shape index (κ3) is 10.6. The van der Waals surface area contributed by atoms with E-state index < -0.39 is 125 Å². The first-order valence-electron chi connectivity index (χ1n) is 28.6. The van der Waals surface area contributed by atoms with Crippen LogP contribution in [0.5, 0.6) is 5.75 Å². The lowest BCUT2D eigenvalue weighted by Gasteiger charge is -2.59. The van der Waals surface area contributed by atoms with E-state index in [2.05, 4.69) is 22.9 Å². The number of imide groups is 1. The number of fused-ring (bicyclic) bond motifs is 10. The number of ketones is 2. The number of aliphatic hydroxyl groups is 5. The SMILES string of the molecule is C[C@]12C=CC(=O)C=C1CC[C@@H]1[C@@H]2[C@@H](O)C[C@@]2(C)[C@H]1C[C@H]1O[C@@H](c3ccc(CC45CCC(NC(=O)OCc6ccc(O[C@@H]7O[C@H](C(=O)O)[C@@H](O)[C@H](O)[C@H]7O)c(NC(=O)CCNC(=O)CCN7C(=O)C=CC7=O)c6)(CC4)CO5)cc3)O[C@]12C(=O)CO. The topological polar surface area (TPSA) is 353 Å². The van der Waals surface area contributed by atoms with Crippen molar-refractivity contribution >= 4 is 52.9 Å². The number of hydrogen-bond donors (Lipinski definition) is 9. The van der Waals surface area contributed by atoms with Crippen LogP contribution in [-0.2, 0) is 70.3 Å². The summed E-state index contributed by atoms with van der Waals surface area (Å²) in [5, 5.41) is 71.5. The molecule has 0 unspecified atom stereocenters. The summed E-state index contributed by atoms with van der Waals surface area (Å²) in [6.45, 7) is 2.95. The average Bonchev–Trinajstić information content (AvgIpc) is 1.49. The lowest BCUT2D eigenvalue weighted by Crippen LogP contribution is -2.63. The number of nitrogens with zero attached hydrogens (tertiary/aromatic N) is 1. The van der Waals surface area contributed by atoms with E-state index in [-0.39, 0.29) is 80.5 Å². The van der Waals surface area contributed by atoms with Gasteiger partial charge >= 0.3 is 12.1 Å². The van der Waals surface area contributed by atoms with Crippen LogP contribution >= 0.6 is 0 Å². The largest absolute Gasteiger partial charge is 0.479 e. The Morgan fingerprint density at radius 1 is 0.845 bits per heavy atom. The second-order valence-corrected chi connectivity index (χ2v) is 24.5. The van der Waals surface area contributed by atoms with Crippen molar-refractivity contribution in [1.29, 1.82) is 0 Å². The number of allylic oxidation sites excluding steroid dienone is 4. The van der Waals surface area contributed by atoms with Crippen LogP contribution in [0.2, 0.25) is 0 Å². The molecule has 2 bridgehead atoms. The van der Waals surface area contributed by atoms with Crippen LogP contribution < -0.4 is 20.7 Å². The predicted octanol–water partition coefficient (Wildman–Crippen LogP) is 1.87. The molecule has 12 rings (SSSR count). The highest BCUT2D eigenvalue weighted by atomic mass is 16.7. The molecule has 24 nitrogen and oxygen atoms in total. The van der Waals surface area contributed by atoms with Gasteiger partial charge < -0.3 is 75.0 Å². The zero-order valence-corrected chi connectivity index (χ0v) is 46.4. The van der Waals surface area contributed by atoms with Crippen molar-refractivity contribution in [2.24, 2.45) is 28.6 Å². The molecule has 14 atom stereocenters. The van der Waals surface area contributed by atoms with Gasteiger partial charge in [0.15, 0.2) is 29.6 Å². The number of carboxylic acid groups (broad SMARTS) is 1. The predicted molar refractivity (Wildman–Crippen MR) is 288 cm³/mol. The van der Waals surface area contributed by atoms with Gasteiger partial charge in [0.1, 0.15) is 37.3 Å². The number of aliphatic carboxylic acids is 1. The molecule has 2 aromatic carbocycles. The molecule has 0 aromatic heterocycles. The molecule has 5 aliphatic carbocycles. The third-order valence-corrected chi connectivity index (χ3v) is 19.6. The zero-order chi connectivity index (χ0) is 59.7. The van der Waals surface area contributed by atoms with Gasteiger partial charge in [-0.05, 0) is 98.6 Å². The molecule has 8 fully saturated rings. The molecule has 5 heterocycles. The number of carbonyl (C=O) groups is 8. The van der Waals surface area contributed by atoms with Gasteiger partial charge in [-0.3, -0.25) is 33.7 Å². The average molecular weight is 1170 g/mol. The van der Waals surface area contributed by atoms with Crippen LogP contribution in [0.15, 0.2) is 78.4 Å². The summed E-state index contributed by atoms with van der Waals surface area (Å²) in [5.74, 6) is -4.76. The number of alkyl carbamates (subject to hydrolysis) is 1. The maximum Gasteiger partial charge on any atom is 0.407 e. The summed E-state index contributed by atoms with van der Waals surface area (Å²) in [7, 11) is 0. The van der Waals surface area contributed by atoms with Crippen LogP contribution in [0, 0.1) is 28.6 Å². The molecule has 9 N–H and O–H groups in total. The maximum atomic E-state index is 14.1. The van der Waals surface area contributed by atoms with Crippen molar-refractivity contribution in [1.82, 2.24) is 15.5 Å². The van der Waals surface area contributed by atoms with Crippen molar-refractivity contribution in [3.63, 3.8) is 0 Å². The summed E-state index contributed by atoms with van der Waals surface area (Å²) in [6, 6.07) is 12.0. The fourth-order valence-corrected chi connectivity index (χ4v) is 15.2. The van der Waals surface area contributed by atoms with Crippen molar-refractivity contribution in [3.8, 4) is 5.75 Å². The van der Waals surface area contributed by atoms with E-state index in [0.717, 1.165) is 34.6 Å². The van der Waals surface area contributed by atoms with Crippen molar-refractivity contribution < 1.29 is 97.4 Å². The van der Waals surface area contributed by atoms with Crippen molar-refractivity contribution in [2.45, 2.75) is 157 Å². The number of carbonyl (C=O) groups excluding carboxylic acids is 7. The molecule has 0 spiro atoms. The normalized spacial score (nSPS) is 37.1. The van der Waals surface area contributed by atoms with E-state index in [1.807, 2.05) is 37.3 Å². The number of anilines is 1. The number of nitrogens with one attached hydrogen (secondary N) is 3. The second kappa shape index (κ2) is 22.6. The molecule has 450 valence electrons. The number of benzene rings is 2. The van der Waals surface area contributed by atoms with E-state index in [4.69, 9.17) is 28.4 Å². The van der Waals surface area contributed by atoms with E-state index in [0.29, 0.717) is 56.1 Å². The Morgan fingerprint density at radius 2 is 1.57 bits per heavy atom. The fourth-order valence-electron chi connectivity index (χ4n) is 15.2. The quantitative estimate of drug-likeness (QED) is 0.0962. The Balaban J connectivity index is 0.688. The second-order valence-electron chi connectivity index (χ2n) is 24.5. The molecular weight excluding hydrogens is 1100 g/mol. The van der Waals surface area contributed by atoms with E-state index in [9.17, 15) is 69.0 Å². The molecule has 4 saturated heterocycles. The summed E-state index contributed by atoms with van der Waals surface area (Å²) in [4.78, 5) is 102. The number of amides is 5. The third-order valence-electron chi connectivity index (χ3n) is 19.6. The zero-order valence-electron chi connectivity index (χ0n) is 46.4. The molecule has 0 radical (unpaired) electrons. The lowest BCUT2D eigenvalue weighted by molar-refractivity contribution is -0.271. The van der Waals surface area contributed by atoms with Crippen LogP contribution in [0.4, 0.5) is 10.5 Å². The molecule has 4 saturated carbocycles. The van der Waals surface area contributed by atoms with Crippen LogP contribution in [0.1, 0.15) is 101 Å². The van der Waals surface area contributed by atoms with Gasteiger partial charge in [0, 0.05) is 66.8 Å². The van der Waals surface area contributed by atoms with Crippen LogP contribution in [0.3, 0.4) is 0 Å². The standard InChI is InChI=1S/C60H70N4O20/c1-56-16-13-35(66)24-34(56)8-9-36-37-25-42-60(41(68)28-65,57(37,2)27-39(67)47(36)56)84-53(82-42)33-6-3-31(4-7-33)26-59-19-17-58(18-20-59,30-80-59)63-55(78)79-29-32-5-10-40(81-54-50(75)48(73)49(74)51(83-54)52(76)77)38(23-32)62-44(70)14-21-61-43(69)15-22-64-45(71)11-12-46(64)72/h3-7,10-13,16,23-24,36-37,39,42,47-51,53-54,65,67,73-75H,8-9,14-15,17-22,25-30H2,1-2H3,(H,61,69)(H,62,70)(H,63,78)(H,76,77)/t36-,37-,39-,42+,47+,48-,49-,50+,51-,53+,54+,56-,57-,58?,59?,60+/m0/s1. The lowest BCUT2D eigenvalue weighted by atomic mass is 9.46. The molecule has 5 amide bonds. The minimum absolute atomic E-state index is 0.0341. The van der Waals surface area contributed by atoms with Gasteiger partial charge in [0.05, 0.1) is 35.6 Å². The Bertz CT molecular complexity index is 3070. The molecule has 10 aliphatic rings. The summed E-state index contributed by atoms with van der Waals surface area (Å²) in [6.07, 6.45) is -0.556. The number of rotatable bonds is 18. The van der Waals surface area contributed by atoms with Crippen LogP contribution in [-0.4, -0.2) is 169 Å². The van der Waals surface area contributed by atoms with Crippen molar-refractivity contribution in [2.75, 3.05) is 31.6 Å². The van der Waals surface area contributed by atoms with Gasteiger partial charge in [-0.25, -0.2) is 9.59 Å². The summed E-state index contributed by atoms with van der Waals surface area (Å²) in [5.41, 5.74) is -1.01. The van der Waals surface area contributed by atoms with Crippen molar-refractivity contribution in [3.05, 3.63) is 95.1 Å². The number of ether oxygens (including phenoxy) is 6. The fraction of sp³-hybridized carbons (Fsp3) is 0.567. The maximum absolute atomic E-state index is 14.1. The molecule has 84 heavy (non-hydrogen) atoms. The Labute approximate surface area is 482 Å². The highest BCUT2D eigenvalue weighted by Crippen LogP contribution is 2.70. The van der Waals surface area contributed by atoms with Crippen LogP contribution in [0.25, 0.3) is 0 Å². The number of Topliss-reactive ketones (excluding diaryl/α,β-unsaturated/α-hetero) is 1.